The van der Waals surface area contributed by atoms with Gasteiger partial charge in [-0.2, -0.15) is 0 Å². The lowest BCUT2D eigenvalue weighted by Gasteiger charge is -2.18. The highest BCUT2D eigenvalue weighted by Gasteiger charge is 2.12. The maximum absolute atomic E-state index is 11.8. The number of methoxy groups -OCH3 is 1. The van der Waals surface area contributed by atoms with E-state index in [0.717, 1.165) is 11.4 Å². The molecule has 0 heterocycles. The Kier molecular flexibility index (Phi) is 4.35. The molecule has 1 rings (SSSR count). The number of carbonyl (C=O) groups is 1. The van der Waals surface area contributed by atoms with E-state index in [1.165, 1.54) is 0 Å². The highest BCUT2D eigenvalue weighted by Crippen LogP contribution is 2.19. The molecule has 0 radical (unpaired) electrons. The summed E-state index contributed by atoms with van der Waals surface area (Å²) in [6, 6.07) is 7.48. The predicted octanol–water partition coefficient (Wildman–Crippen LogP) is 2.70. The maximum atomic E-state index is 11.8. The van der Waals surface area contributed by atoms with Gasteiger partial charge in [-0.15, -0.1) is 0 Å². The van der Waals surface area contributed by atoms with Gasteiger partial charge < -0.3 is 9.64 Å². The molecule has 0 aliphatic carbocycles. The number of nitrogens with zero attached hydrogens (tertiary/aromatic N) is 1. The van der Waals surface area contributed by atoms with E-state index in [-0.39, 0.29) is 5.91 Å². The Morgan fingerprint density at radius 1 is 1.31 bits per heavy atom. The number of ether oxygens (including phenoxy) is 1. The predicted molar refractivity (Wildman–Crippen MR) is 65.9 cm³/mol. The van der Waals surface area contributed by atoms with Crippen molar-refractivity contribution in [2.45, 2.75) is 20.3 Å². The van der Waals surface area contributed by atoms with Crippen molar-refractivity contribution in [1.29, 1.82) is 0 Å². The lowest BCUT2D eigenvalue weighted by atomic mass is 10.1. The first-order valence-electron chi connectivity index (χ1n) is 5.45. The van der Waals surface area contributed by atoms with Crippen molar-refractivity contribution < 1.29 is 9.53 Å². The zero-order valence-electron chi connectivity index (χ0n) is 10.4. The van der Waals surface area contributed by atoms with E-state index in [2.05, 4.69) is 0 Å². The second-order valence-corrected chi connectivity index (χ2v) is 4.25. The van der Waals surface area contributed by atoms with Crippen LogP contribution in [0.4, 0.5) is 5.69 Å². The minimum atomic E-state index is 0.139. The van der Waals surface area contributed by atoms with Crippen LogP contribution in [-0.2, 0) is 4.79 Å². The summed E-state index contributed by atoms with van der Waals surface area (Å²) in [4.78, 5) is 13.5. The fraction of sp³-hybridized carbons (Fsp3) is 0.462. The third-order valence-electron chi connectivity index (χ3n) is 2.42. The topological polar surface area (TPSA) is 29.5 Å². The van der Waals surface area contributed by atoms with Crippen molar-refractivity contribution in [1.82, 2.24) is 0 Å². The van der Waals surface area contributed by atoms with Crippen molar-refractivity contribution >= 4 is 11.6 Å². The summed E-state index contributed by atoms with van der Waals surface area (Å²) in [5.41, 5.74) is 0.895. The van der Waals surface area contributed by atoms with Crippen LogP contribution in [0.25, 0.3) is 0 Å². The van der Waals surface area contributed by atoms with Gasteiger partial charge in [0.25, 0.3) is 0 Å². The van der Waals surface area contributed by atoms with Gasteiger partial charge in [0.05, 0.1) is 7.11 Å². The molecule has 0 saturated carbocycles. The zero-order valence-corrected chi connectivity index (χ0v) is 10.4. The standard InChI is InChI=1S/C13H19NO2/c1-10(2)9-13(15)14(3)11-5-7-12(16-4)8-6-11/h5-8,10H,9H2,1-4H3. The van der Waals surface area contributed by atoms with Crippen molar-refractivity contribution in [3.63, 3.8) is 0 Å². The molecular weight excluding hydrogens is 202 g/mol. The molecule has 0 aliphatic rings. The van der Waals surface area contributed by atoms with Gasteiger partial charge in [-0.25, -0.2) is 0 Å². The van der Waals surface area contributed by atoms with Crippen LogP contribution < -0.4 is 9.64 Å². The molecule has 16 heavy (non-hydrogen) atoms. The third-order valence-corrected chi connectivity index (χ3v) is 2.42. The lowest BCUT2D eigenvalue weighted by Crippen LogP contribution is -2.27. The molecule has 0 atom stereocenters. The summed E-state index contributed by atoms with van der Waals surface area (Å²) in [5, 5.41) is 0. The number of rotatable bonds is 4. The fourth-order valence-corrected chi connectivity index (χ4v) is 1.44. The Bertz CT molecular complexity index is 343. The van der Waals surface area contributed by atoms with Crippen molar-refractivity contribution in [3.8, 4) is 5.75 Å². The van der Waals surface area contributed by atoms with Crippen LogP contribution in [0, 0.1) is 5.92 Å². The summed E-state index contributed by atoms with van der Waals surface area (Å²) in [6.07, 6.45) is 0.572. The average Bonchev–Trinajstić information content (AvgIpc) is 2.27. The van der Waals surface area contributed by atoms with Crippen LogP contribution in [0.3, 0.4) is 0 Å². The number of hydrogen-bond donors (Lipinski definition) is 0. The van der Waals surface area contributed by atoms with Crippen LogP contribution in [0.2, 0.25) is 0 Å². The normalized spacial score (nSPS) is 10.3. The van der Waals surface area contributed by atoms with Gasteiger partial charge in [-0.1, -0.05) is 13.8 Å². The number of benzene rings is 1. The first kappa shape index (κ1) is 12.6. The Labute approximate surface area is 97.0 Å². The first-order chi connectivity index (χ1) is 7.54. The minimum Gasteiger partial charge on any atom is -0.497 e. The van der Waals surface area contributed by atoms with Crippen molar-refractivity contribution in [2.24, 2.45) is 5.92 Å². The molecule has 0 aromatic heterocycles. The average molecular weight is 221 g/mol. The Balaban J connectivity index is 2.72. The van der Waals surface area contributed by atoms with Gasteiger partial charge in [0, 0.05) is 19.2 Å². The van der Waals surface area contributed by atoms with E-state index in [0.29, 0.717) is 12.3 Å². The smallest absolute Gasteiger partial charge is 0.226 e. The van der Waals surface area contributed by atoms with Crippen molar-refractivity contribution in [2.75, 3.05) is 19.1 Å². The number of amides is 1. The summed E-state index contributed by atoms with van der Waals surface area (Å²) < 4.78 is 5.07. The van der Waals surface area contributed by atoms with Gasteiger partial charge >= 0.3 is 0 Å². The van der Waals surface area contributed by atoms with Crippen LogP contribution >= 0.6 is 0 Å². The highest BCUT2D eigenvalue weighted by molar-refractivity contribution is 5.92. The number of carbonyl (C=O) groups excluding carboxylic acids is 1. The monoisotopic (exact) mass is 221 g/mol. The molecular formula is C13H19NO2. The minimum absolute atomic E-state index is 0.139. The second kappa shape index (κ2) is 5.54. The zero-order chi connectivity index (χ0) is 12.1. The van der Waals surface area contributed by atoms with E-state index in [4.69, 9.17) is 4.74 Å². The molecule has 0 spiro atoms. The van der Waals surface area contributed by atoms with E-state index in [1.807, 2.05) is 38.1 Å². The molecule has 0 unspecified atom stereocenters. The van der Waals surface area contributed by atoms with Gasteiger partial charge in [-0.3, -0.25) is 4.79 Å². The molecule has 0 bridgehead atoms. The molecule has 1 amide bonds. The molecule has 0 N–H and O–H groups in total. The number of anilines is 1. The van der Waals surface area contributed by atoms with Crippen molar-refractivity contribution in [3.05, 3.63) is 24.3 Å². The summed E-state index contributed by atoms with van der Waals surface area (Å²) in [6.45, 7) is 4.08. The summed E-state index contributed by atoms with van der Waals surface area (Å²) in [7, 11) is 3.43. The molecule has 3 heteroatoms. The van der Waals surface area contributed by atoms with Gasteiger partial charge in [0.2, 0.25) is 5.91 Å². The SMILES string of the molecule is COc1ccc(N(C)C(=O)CC(C)C)cc1. The molecule has 0 saturated heterocycles. The Morgan fingerprint density at radius 2 is 1.88 bits per heavy atom. The Morgan fingerprint density at radius 3 is 2.31 bits per heavy atom. The van der Waals surface area contributed by atoms with Gasteiger partial charge in [0.15, 0.2) is 0 Å². The first-order valence-corrected chi connectivity index (χ1v) is 5.45. The number of hydrogen-bond acceptors (Lipinski definition) is 2. The van der Waals surface area contributed by atoms with Crippen LogP contribution in [0.1, 0.15) is 20.3 Å². The molecule has 0 fully saturated rings. The second-order valence-electron chi connectivity index (χ2n) is 4.25. The van der Waals surface area contributed by atoms with E-state index >= 15 is 0 Å². The largest absolute Gasteiger partial charge is 0.497 e. The molecule has 88 valence electrons. The summed E-state index contributed by atoms with van der Waals surface area (Å²) in [5.74, 6) is 1.32. The van der Waals surface area contributed by atoms with Crippen LogP contribution in [0.5, 0.6) is 5.75 Å². The fourth-order valence-electron chi connectivity index (χ4n) is 1.44. The highest BCUT2D eigenvalue weighted by atomic mass is 16.5. The molecule has 3 nitrogen and oxygen atoms in total. The van der Waals surface area contributed by atoms with Gasteiger partial charge in [-0.05, 0) is 30.2 Å². The van der Waals surface area contributed by atoms with E-state index < -0.39 is 0 Å². The van der Waals surface area contributed by atoms with Crippen LogP contribution in [0.15, 0.2) is 24.3 Å². The summed E-state index contributed by atoms with van der Waals surface area (Å²) >= 11 is 0. The Hall–Kier alpha value is -1.51. The lowest BCUT2D eigenvalue weighted by molar-refractivity contribution is -0.119. The molecule has 1 aromatic rings. The third kappa shape index (κ3) is 3.26. The maximum Gasteiger partial charge on any atom is 0.226 e. The van der Waals surface area contributed by atoms with Gasteiger partial charge in [0.1, 0.15) is 5.75 Å². The van der Waals surface area contributed by atoms with Crippen LogP contribution in [-0.4, -0.2) is 20.1 Å². The molecule has 0 aliphatic heterocycles. The van der Waals surface area contributed by atoms with E-state index in [1.54, 1.807) is 19.1 Å². The quantitative estimate of drug-likeness (QED) is 0.782. The van der Waals surface area contributed by atoms with E-state index in [9.17, 15) is 4.79 Å². The molecule has 1 aromatic carbocycles.